The molecule has 0 bridgehead atoms. The molecule has 0 fully saturated rings. The summed E-state index contributed by atoms with van der Waals surface area (Å²) in [7, 11) is 0. The van der Waals surface area contributed by atoms with Gasteiger partial charge in [0.15, 0.2) is 5.96 Å². The van der Waals surface area contributed by atoms with Crippen LogP contribution >= 0.6 is 0 Å². The van der Waals surface area contributed by atoms with Gasteiger partial charge in [-0.2, -0.15) is 0 Å². The molecular formula is C7H17N3O2. The summed E-state index contributed by atoms with van der Waals surface area (Å²) in [6, 6.07) is 0. The number of hydrogen-bond acceptors (Lipinski definition) is 3. The second-order valence-electron chi connectivity index (χ2n) is 2.80. The lowest BCUT2D eigenvalue weighted by atomic mass is 10.4. The Morgan fingerprint density at radius 3 is 2.42 bits per heavy atom. The molecule has 72 valence electrons. The first kappa shape index (κ1) is 11.2. The van der Waals surface area contributed by atoms with E-state index in [1.165, 1.54) is 0 Å². The molecular weight excluding hydrogens is 158 g/mol. The summed E-state index contributed by atoms with van der Waals surface area (Å²) in [5.41, 5.74) is 5.39. The van der Waals surface area contributed by atoms with Crippen molar-refractivity contribution in [3.8, 4) is 0 Å². The number of aliphatic imine (C=N–C) groups is 1. The van der Waals surface area contributed by atoms with Gasteiger partial charge in [-0.05, 0) is 13.8 Å². The summed E-state index contributed by atoms with van der Waals surface area (Å²) in [6.45, 7) is 3.92. The van der Waals surface area contributed by atoms with Crippen LogP contribution in [0.1, 0.15) is 13.8 Å². The third kappa shape index (κ3) is 7.30. The average Bonchev–Trinajstić information content (AvgIpc) is 1.96. The van der Waals surface area contributed by atoms with Gasteiger partial charge in [0.2, 0.25) is 0 Å². The van der Waals surface area contributed by atoms with Crippen molar-refractivity contribution in [3.63, 3.8) is 0 Å². The fourth-order valence-corrected chi connectivity index (χ4v) is 0.539. The highest BCUT2D eigenvalue weighted by atomic mass is 16.3. The fraction of sp³-hybridized carbons (Fsp3) is 0.857. The summed E-state index contributed by atoms with van der Waals surface area (Å²) < 4.78 is 0. The van der Waals surface area contributed by atoms with E-state index in [4.69, 9.17) is 15.9 Å². The largest absolute Gasteiger partial charge is 0.392 e. The van der Waals surface area contributed by atoms with Crippen molar-refractivity contribution in [2.24, 2.45) is 10.7 Å². The smallest absolute Gasteiger partial charge is 0.188 e. The van der Waals surface area contributed by atoms with Crippen LogP contribution < -0.4 is 11.1 Å². The summed E-state index contributed by atoms with van der Waals surface area (Å²) in [5, 5.41) is 20.4. The molecule has 0 spiro atoms. The summed E-state index contributed by atoms with van der Waals surface area (Å²) in [6.07, 6.45) is -0.942. The SMILES string of the molecule is CC(O)CN=C(N)NCC(C)O. The van der Waals surface area contributed by atoms with Gasteiger partial charge in [-0.15, -0.1) is 0 Å². The van der Waals surface area contributed by atoms with E-state index < -0.39 is 12.2 Å². The van der Waals surface area contributed by atoms with Crippen LogP contribution in [0, 0.1) is 0 Å². The quantitative estimate of drug-likeness (QED) is 0.314. The van der Waals surface area contributed by atoms with Gasteiger partial charge in [-0.25, -0.2) is 0 Å². The number of aliphatic hydroxyl groups is 2. The van der Waals surface area contributed by atoms with Crippen LogP contribution in [0.3, 0.4) is 0 Å². The molecule has 12 heavy (non-hydrogen) atoms. The summed E-state index contributed by atoms with van der Waals surface area (Å²) in [4.78, 5) is 3.82. The molecule has 0 aromatic carbocycles. The minimum Gasteiger partial charge on any atom is -0.392 e. The molecule has 2 atom stereocenters. The number of nitrogens with zero attached hydrogens (tertiary/aromatic N) is 1. The second-order valence-corrected chi connectivity index (χ2v) is 2.80. The highest BCUT2D eigenvalue weighted by Crippen LogP contribution is 1.80. The number of guanidine groups is 1. The van der Waals surface area contributed by atoms with Gasteiger partial charge >= 0.3 is 0 Å². The minimum atomic E-state index is -0.489. The van der Waals surface area contributed by atoms with E-state index in [9.17, 15) is 0 Å². The van der Waals surface area contributed by atoms with E-state index in [0.29, 0.717) is 6.54 Å². The maximum atomic E-state index is 8.86. The van der Waals surface area contributed by atoms with Crippen LogP contribution in [0.25, 0.3) is 0 Å². The maximum absolute atomic E-state index is 8.86. The zero-order valence-corrected chi connectivity index (χ0v) is 7.49. The van der Waals surface area contributed by atoms with Crippen molar-refractivity contribution < 1.29 is 10.2 Å². The van der Waals surface area contributed by atoms with Crippen LogP contribution in [0.2, 0.25) is 0 Å². The number of hydrogen-bond donors (Lipinski definition) is 4. The molecule has 0 rings (SSSR count). The molecule has 0 saturated carbocycles. The Hall–Kier alpha value is -0.810. The number of nitrogens with two attached hydrogens (primary N) is 1. The maximum Gasteiger partial charge on any atom is 0.188 e. The molecule has 0 saturated heterocycles. The lowest BCUT2D eigenvalue weighted by Gasteiger charge is -2.07. The Kier molecular flexibility index (Phi) is 5.40. The molecule has 0 aromatic heterocycles. The van der Waals surface area contributed by atoms with Gasteiger partial charge in [0.05, 0.1) is 18.8 Å². The van der Waals surface area contributed by atoms with Crippen molar-refractivity contribution in [1.29, 1.82) is 0 Å². The molecule has 0 aromatic rings. The normalized spacial score (nSPS) is 17.2. The molecule has 5 N–H and O–H groups in total. The lowest BCUT2D eigenvalue weighted by Crippen LogP contribution is -2.37. The van der Waals surface area contributed by atoms with Gasteiger partial charge in [0.25, 0.3) is 0 Å². The predicted octanol–water partition coefficient (Wildman–Crippen LogP) is -1.35. The molecule has 0 aliphatic heterocycles. The second kappa shape index (κ2) is 5.79. The zero-order valence-electron chi connectivity index (χ0n) is 7.49. The highest BCUT2D eigenvalue weighted by Gasteiger charge is 1.97. The first-order chi connectivity index (χ1) is 5.52. The highest BCUT2D eigenvalue weighted by molar-refractivity contribution is 5.77. The summed E-state index contributed by atoms with van der Waals surface area (Å²) >= 11 is 0. The molecule has 0 heterocycles. The van der Waals surface area contributed by atoms with Crippen molar-refractivity contribution in [1.82, 2.24) is 5.32 Å². The Morgan fingerprint density at radius 1 is 1.42 bits per heavy atom. The van der Waals surface area contributed by atoms with E-state index in [1.807, 2.05) is 0 Å². The van der Waals surface area contributed by atoms with Gasteiger partial charge in [0, 0.05) is 6.54 Å². The van der Waals surface area contributed by atoms with Gasteiger partial charge in [-0.1, -0.05) is 0 Å². The Morgan fingerprint density at radius 2 is 2.00 bits per heavy atom. The van der Waals surface area contributed by atoms with Crippen molar-refractivity contribution in [2.45, 2.75) is 26.1 Å². The Labute approximate surface area is 72.3 Å². The van der Waals surface area contributed by atoms with Crippen LogP contribution in [-0.2, 0) is 0 Å². The molecule has 0 aliphatic carbocycles. The molecule has 0 aliphatic rings. The monoisotopic (exact) mass is 175 g/mol. The predicted molar refractivity (Wildman–Crippen MR) is 47.9 cm³/mol. The molecule has 2 unspecified atom stereocenters. The van der Waals surface area contributed by atoms with Gasteiger partial charge in [0.1, 0.15) is 0 Å². The molecule has 5 nitrogen and oxygen atoms in total. The summed E-state index contributed by atoms with van der Waals surface area (Å²) in [5.74, 6) is 0.247. The first-order valence-corrected chi connectivity index (χ1v) is 3.92. The average molecular weight is 175 g/mol. The van der Waals surface area contributed by atoms with Crippen LogP contribution in [0.15, 0.2) is 4.99 Å². The fourth-order valence-electron chi connectivity index (χ4n) is 0.539. The topological polar surface area (TPSA) is 90.9 Å². The third-order valence-electron chi connectivity index (χ3n) is 1.10. The van der Waals surface area contributed by atoms with E-state index >= 15 is 0 Å². The van der Waals surface area contributed by atoms with Crippen molar-refractivity contribution in [3.05, 3.63) is 0 Å². The van der Waals surface area contributed by atoms with Crippen molar-refractivity contribution >= 4 is 5.96 Å². The number of rotatable bonds is 4. The van der Waals surface area contributed by atoms with E-state index in [-0.39, 0.29) is 12.5 Å². The van der Waals surface area contributed by atoms with E-state index in [1.54, 1.807) is 13.8 Å². The van der Waals surface area contributed by atoms with E-state index in [2.05, 4.69) is 10.3 Å². The zero-order chi connectivity index (χ0) is 9.56. The molecule has 0 radical (unpaired) electrons. The van der Waals surface area contributed by atoms with Crippen LogP contribution in [0.4, 0.5) is 0 Å². The number of nitrogens with one attached hydrogen (secondary N) is 1. The third-order valence-corrected chi connectivity index (χ3v) is 1.10. The van der Waals surface area contributed by atoms with Crippen LogP contribution in [-0.4, -0.2) is 41.5 Å². The molecule has 0 amide bonds. The lowest BCUT2D eigenvalue weighted by molar-refractivity contribution is 0.197. The first-order valence-electron chi connectivity index (χ1n) is 3.92. The van der Waals surface area contributed by atoms with E-state index in [0.717, 1.165) is 0 Å². The van der Waals surface area contributed by atoms with Gasteiger partial charge in [-0.3, -0.25) is 4.99 Å². The molecule has 5 heteroatoms. The van der Waals surface area contributed by atoms with Gasteiger partial charge < -0.3 is 21.3 Å². The van der Waals surface area contributed by atoms with Crippen molar-refractivity contribution in [2.75, 3.05) is 13.1 Å². The van der Waals surface area contributed by atoms with Crippen LogP contribution in [0.5, 0.6) is 0 Å². The number of aliphatic hydroxyl groups excluding tert-OH is 2. The minimum absolute atomic E-state index is 0.247. The standard InChI is InChI=1S/C7H17N3O2/c1-5(11)3-9-7(8)10-4-6(2)12/h5-6,11-12H,3-4H2,1-2H3,(H3,8,9,10). The Balaban J connectivity index is 3.56. The Bertz CT molecular complexity index is 146.